The van der Waals surface area contributed by atoms with Crippen LogP contribution in [0.15, 0.2) is 60.2 Å². The summed E-state index contributed by atoms with van der Waals surface area (Å²) in [5, 5.41) is 11.1. The van der Waals surface area contributed by atoms with Crippen molar-refractivity contribution in [1.82, 2.24) is 4.90 Å². The Kier molecular flexibility index (Phi) is 5.38. The van der Waals surface area contributed by atoms with Gasteiger partial charge in [0.2, 0.25) is 0 Å². The van der Waals surface area contributed by atoms with Crippen molar-refractivity contribution < 1.29 is 19.4 Å². The quantitative estimate of drug-likeness (QED) is 0.475. The van der Waals surface area contributed by atoms with E-state index < -0.39 is 17.7 Å². The lowest BCUT2D eigenvalue weighted by atomic mass is 9.91. The molecule has 150 valence electrons. The van der Waals surface area contributed by atoms with Gasteiger partial charge in [-0.15, -0.1) is 0 Å². The van der Waals surface area contributed by atoms with E-state index in [-0.39, 0.29) is 17.4 Å². The van der Waals surface area contributed by atoms with Crippen molar-refractivity contribution in [2.45, 2.75) is 44.2 Å². The van der Waals surface area contributed by atoms with Crippen LogP contribution in [0.25, 0.3) is 5.76 Å². The van der Waals surface area contributed by atoms with Crippen molar-refractivity contribution in [3.05, 3.63) is 71.3 Å². The second-order valence-electron chi connectivity index (χ2n) is 7.64. The fraction of sp³-hybridized carbons (Fsp3) is 0.333. The van der Waals surface area contributed by atoms with E-state index >= 15 is 0 Å². The average molecular weight is 391 g/mol. The Balaban J connectivity index is 1.83. The first-order valence-electron chi connectivity index (χ1n) is 10.1. The van der Waals surface area contributed by atoms with Crippen molar-refractivity contribution in [3.8, 4) is 5.75 Å². The van der Waals surface area contributed by atoms with E-state index in [1.807, 2.05) is 30.3 Å². The molecule has 2 aliphatic rings. The molecule has 1 aliphatic heterocycles. The van der Waals surface area contributed by atoms with E-state index in [4.69, 9.17) is 4.74 Å². The van der Waals surface area contributed by atoms with Gasteiger partial charge in [-0.1, -0.05) is 49.6 Å². The standard InChI is InChI=1S/C24H25NO4/c1-29-19-14-12-17(13-15-19)22(26)20-21(16-8-4-2-5-9-16)25(24(28)23(20)27)18-10-6-3-7-11-18/h2,4-5,8-9,12-15,18,21,26H,3,6-7,10-11H2,1H3/b22-20-. The van der Waals surface area contributed by atoms with Gasteiger partial charge in [0.25, 0.3) is 11.7 Å². The Morgan fingerprint density at radius 3 is 2.24 bits per heavy atom. The van der Waals surface area contributed by atoms with E-state index in [9.17, 15) is 14.7 Å². The highest BCUT2D eigenvalue weighted by molar-refractivity contribution is 6.46. The lowest BCUT2D eigenvalue weighted by Crippen LogP contribution is -2.40. The normalized spacial score (nSPS) is 22.1. The summed E-state index contributed by atoms with van der Waals surface area (Å²) in [6.07, 6.45) is 5.03. The van der Waals surface area contributed by atoms with Crippen LogP contribution in [0, 0.1) is 0 Å². The maximum Gasteiger partial charge on any atom is 0.295 e. The molecule has 5 nitrogen and oxygen atoms in total. The van der Waals surface area contributed by atoms with Gasteiger partial charge >= 0.3 is 0 Å². The van der Waals surface area contributed by atoms with E-state index in [2.05, 4.69) is 0 Å². The third-order valence-electron chi connectivity index (χ3n) is 5.93. The van der Waals surface area contributed by atoms with Crippen LogP contribution in [0.3, 0.4) is 0 Å². The summed E-state index contributed by atoms with van der Waals surface area (Å²) >= 11 is 0. The Hall–Kier alpha value is -3.08. The van der Waals surface area contributed by atoms with Crippen LogP contribution < -0.4 is 4.74 Å². The van der Waals surface area contributed by atoms with Crippen LogP contribution in [0.2, 0.25) is 0 Å². The van der Waals surface area contributed by atoms with Gasteiger partial charge in [0, 0.05) is 11.6 Å². The van der Waals surface area contributed by atoms with Crippen LogP contribution in [-0.2, 0) is 9.59 Å². The Labute approximate surface area is 170 Å². The molecule has 1 atom stereocenters. The molecular weight excluding hydrogens is 366 g/mol. The first kappa shape index (κ1) is 19.2. The number of amides is 1. The van der Waals surface area contributed by atoms with E-state index in [1.54, 1.807) is 36.3 Å². The molecule has 1 amide bonds. The minimum atomic E-state index is -0.613. The van der Waals surface area contributed by atoms with Crippen molar-refractivity contribution in [2.24, 2.45) is 0 Å². The number of ether oxygens (including phenoxy) is 1. The zero-order valence-electron chi connectivity index (χ0n) is 16.5. The first-order chi connectivity index (χ1) is 14.1. The van der Waals surface area contributed by atoms with Gasteiger partial charge in [-0.2, -0.15) is 0 Å². The van der Waals surface area contributed by atoms with Gasteiger partial charge in [0.15, 0.2) is 0 Å². The van der Waals surface area contributed by atoms with E-state index in [0.29, 0.717) is 11.3 Å². The summed E-state index contributed by atoms with van der Waals surface area (Å²) < 4.78 is 5.17. The molecule has 0 spiro atoms. The molecule has 2 aromatic carbocycles. The van der Waals surface area contributed by atoms with Crippen molar-refractivity contribution >= 4 is 17.4 Å². The predicted molar refractivity (Wildman–Crippen MR) is 110 cm³/mol. The lowest BCUT2D eigenvalue weighted by Gasteiger charge is -2.35. The maximum atomic E-state index is 13.0. The number of methoxy groups -OCH3 is 1. The van der Waals surface area contributed by atoms with Crippen LogP contribution >= 0.6 is 0 Å². The number of rotatable bonds is 4. The van der Waals surface area contributed by atoms with Crippen LogP contribution in [0.5, 0.6) is 5.75 Å². The van der Waals surface area contributed by atoms with Crippen LogP contribution in [0.1, 0.15) is 49.3 Å². The minimum Gasteiger partial charge on any atom is -0.507 e. The highest BCUT2D eigenvalue weighted by Crippen LogP contribution is 2.43. The maximum absolute atomic E-state index is 13.0. The number of ketones is 1. The highest BCUT2D eigenvalue weighted by atomic mass is 16.5. The molecule has 29 heavy (non-hydrogen) atoms. The van der Waals surface area contributed by atoms with Gasteiger partial charge in [-0.05, 0) is 42.7 Å². The summed E-state index contributed by atoms with van der Waals surface area (Å²) in [6, 6.07) is 15.8. The number of aliphatic hydroxyl groups excluding tert-OH is 1. The summed E-state index contributed by atoms with van der Waals surface area (Å²) in [5.74, 6) is -0.611. The first-order valence-corrected chi connectivity index (χ1v) is 10.1. The molecule has 1 heterocycles. The van der Waals surface area contributed by atoms with Gasteiger partial charge in [0.05, 0.1) is 18.7 Å². The van der Waals surface area contributed by atoms with Crippen molar-refractivity contribution in [2.75, 3.05) is 7.11 Å². The van der Waals surface area contributed by atoms with E-state index in [1.165, 1.54) is 0 Å². The second kappa shape index (κ2) is 8.11. The topological polar surface area (TPSA) is 66.8 Å². The zero-order valence-corrected chi connectivity index (χ0v) is 16.5. The minimum absolute atomic E-state index is 0.0200. The van der Waals surface area contributed by atoms with Gasteiger partial charge < -0.3 is 14.7 Å². The number of hydrogen-bond acceptors (Lipinski definition) is 4. The molecule has 5 heteroatoms. The SMILES string of the molecule is COc1ccc(/C(O)=C2/C(=O)C(=O)N(C3CCCCC3)C2c2ccccc2)cc1. The fourth-order valence-corrected chi connectivity index (χ4v) is 4.45. The average Bonchev–Trinajstić information content (AvgIpc) is 3.05. The largest absolute Gasteiger partial charge is 0.507 e. The van der Waals surface area contributed by atoms with Crippen LogP contribution in [-0.4, -0.2) is 34.8 Å². The third kappa shape index (κ3) is 3.53. The number of hydrogen-bond donors (Lipinski definition) is 1. The Bertz CT molecular complexity index is 927. The molecule has 2 aromatic rings. The monoisotopic (exact) mass is 391 g/mol. The molecule has 1 unspecified atom stereocenters. The fourth-order valence-electron chi connectivity index (χ4n) is 4.45. The lowest BCUT2D eigenvalue weighted by molar-refractivity contribution is -0.141. The summed E-state index contributed by atoms with van der Waals surface area (Å²) in [5.41, 5.74) is 1.50. The number of likely N-dealkylation sites (tertiary alicyclic amines) is 1. The van der Waals surface area contributed by atoms with Gasteiger partial charge in [0.1, 0.15) is 11.5 Å². The summed E-state index contributed by atoms with van der Waals surface area (Å²) in [6.45, 7) is 0. The molecule has 0 bridgehead atoms. The third-order valence-corrected chi connectivity index (χ3v) is 5.93. The number of carbonyl (C=O) groups is 2. The van der Waals surface area contributed by atoms with E-state index in [0.717, 1.165) is 37.7 Å². The summed E-state index contributed by atoms with van der Waals surface area (Å²) in [4.78, 5) is 27.8. The number of nitrogens with zero attached hydrogens (tertiary/aromatic N) is 1. The molecule has 1 saturated heterocycles. The molecule has 0 aromatic heterocycles. The predicted octanol–water partition coefficient (Wildman–Crippen LogP) is 4.45. The van der Waals surface area contributed by atoms with Crippen molar-refractivity contribution in [3.63, 3.8) is 0 Å². The highest BCUT2D eigenvalue weighted by Gasteiger charge is 2.48. The molecule has 2 fully saturated rings. The Morgan fingerprint density at radius 1 is 0.966 bits per heavy atom. The number of carbonyl (C=O) groups excluding carboxylic acids is 2. The molecule has 0 radical (unpaired) electrons. The Morgan fingerprint density at radius 2 is 1.62 bits per heavy atom. The molecule has 1 N–H and O–H groups in total. The van der Waals surface area contributed by atoms with Crippen LogP contribution in [0.4, 0.5) is 0 Å². The number of Topliss-reactive ketones (excluding diaryl/α,β-unsaturated/α-hetero) is 1. The molecule has 1 aliphatic carbocycles. The van der Waals surface area contributed by atoms with Crippen molar-refractivity contribution in [1.29, 1.82) is 0 Å². The van der Waals surface area contributed by atoms with Gasteiger partial charge in [-0.25, -0.2) is 0 Å². The summed E-state index contributed by atoms with van der Waals surface area (Å²) in [7, 11) is 1.57. The van der Waals surface area contributed by atoms with Gasteiger partial charge in [-0.3, -0.25) is 9.59 Å². The molecule has 4 rings (SSSR count). The molecular formula is C24H25NO4. The smallest absolute Gasteiger partial charge is 0.295 e. The second-order valence-corrected chi connectivity index (χ2v) is 7.64. The number of benzene rings is 2. The zero-order chi connectivity index (χ0) is 20.4. The molecule has 1 saturated carbocycles. The number of aliphatic hydroxyl groups is 1.